The van der Waals surface area contributed by atoms with E-state index in [0.29, 0.717) is 22.8 Å². The molecule has 0 radical (unpaired) electrons. The summed E-state index contributed by atoms with van der Waals surface area (Å²) >= 11 is 0. The van der Waals surface area contributed by atoms with Crippen LogP contribution in [0.1, 0.15) is 51.1 Å². The molecule has 1 aliphatic carbocycles. The number of hydrogen-bond donors (Lipinski definition) is 0. The van der Waals surface area contributed by atoms with Gasteiger partial charge in [-0.1, -0.05) is 37.6 Å². The lowest BCUT2D eigenvalue weighted by atomic mass is 9.89. The number of imidazole rings is 1. The highest BCUT2D eigenvalue weighted by molar-refractivity contribution is 5.84. The molecule has 4 nitrogen and oxygen atoms in total. The fraction of sp³-hybridized carbons (Fsp3) is 0.417. The van der Waals surface area contributed by atoms with Crippen LogP contribution in [0.2, 0.25) is 0 Å². The largest absolute Gasteiger partial charge is 0.461 e. The maximum Gasteiger partial charge on any atom is 0.416 e. The van der Waals surface area contributed by atoms with Crippen LogP contribution in [0.4, 0.5) is 13.2 Å². The van der Waals surface area contributed by atoms with Gasteiger partial charge in [0.1, 0.15) is 18.0 Å². The number of esters is 1. The molecule has 0 spiro atoms. The average Bonchev–Trinajstić information content (AvgIpc) is 3.12. The summed E-state index contributed by atoms with van der Waals surface area (Å²) in [7, 11) is 0. The smallest absolute Gasteiger partial charge is 0.416 e. The van der Waals surface area contributed by atoms with Crippen molar-refractivity contribution in [3.63, 3.8) is 0 Å². The molecule has 1 heterocycles. The maximum atomic E-state index is 13.0. The van der Waals surface area contributed by atoms with Crippen molar-refractivity contribution in [2.75, 3.05) is 0 Å². The average molecular weight is 430 g/mol. The number of carbonyl (C=O) groups excluding carboxylic acids is 1. The third kappa shape index (κ3) is 4.45. The molecular weight excluding hydrogens is 405 g/mol. The predicted octanol–water partition coefficient (Wildman–Crippen LogP) is 6.41. The van der Waals surface area contributed by atoms with E-state index in [1.54, 1.807) is 11.5 Å². The van der Waals surface area contributed by atoms with Gasteiger partial charge in [0.25, 0.3) is 0 Å². The molecule has 0 amide bonds. The van der Waals surface area contributed by atoms with E-state index in [-0.39, 0.29) is 12.1 Å². The molecule has 0 aliphatic heterocycles. The predicted molar refractivity (Wildman–Crippen MR) is 112 cm³/mol. The summed E-state index contributed by atoms with van der Waals surface area (Å²) < 4.78 is 46.5. The molecule has 31 heavy (non-hydrogen) atoms. The second-order valence-corrected chi connectivity index (χ2v) is 8.38. The van der Waals surface area contributed by atoms with E-state index >= 15 is 0 Å². The Bertz CT molecular complexity index is 1070. The Hall–Kier alpha value is -2.83. The number of fused-ring (bicyclic) bond motifs is 1. The quantitative estimate of drug-likeness (QED) is 0.450. The first-order chi connectivity index (χ1) is 14.7. The fourth-order valence-corrected chi connectivity index (χ4v) is 4.30. The summed E-state index contributed by atoms with van der Waals surface area (Å²) in [6.45, 7) is 3.91. The molecule has 1 aromatic heterocycles. The first-order valence-corrected chi connectivity index (χ1v) is 10.6. The van der Waals surface area contributed by atoms with Gasteiger partial charge in [0.2, 0.25) is 0 Å². The summed E-state index contributed by atoms with van der Waals surface area (Å²) in [6.07, 6.45) is -0.601. The first kappa shape index (κ1) is 21.4. The van der Waals surface area contributed by atoms with Crippen molar-refractivity contribution in [3.05, 3.63) is 54.1 Å². The number of hydrogen-bond acceptors (Lipinski definition) is 3. The van der Waals surface area contributed by atoms with E-state index in [4.69, 9.17) is 4.74 Å². The molecule has 2 aromatic carbocycles. The van der Waals surface area contributed by atoms with Gasteiger partial charge >= 0.3 is 12.1 Å². The van der Waals surface area contributed by atoms with Gasteiger partial charge in [-0.05, 0) is 56.4 Å². The van der Waals surface area contributed by atoms with E-state index in [1.165, 1.54) is 12.1 Å². The maximum absolute atomic E-state index is 13.0. The second-order valence-electron chi connectivity index (χ2n) is 8.38. The van der Waals surface area contributed by atoms with Crippen molar-refractivity contribution in [2.24, 2.45) is 5.92 Å². The Balaban J connectivity index is 1.68. The Morgan fingerprint density at radius 1 is 1.13 bits per heavy atom. The van der Waals surface area contributed by atoms with E-state index in [1.807, 2.05) is 24.3 Å². The molecule has 0 N–H and O–H groups in total. The Labute approximate surface area is 179 Å². The van der Waals surface area contributed by atoms with Crippen LogP contribution >= 0.6 is 0 Å². The molecule has 4 rings (SSSR count). The highest BCUT2D eigenvalue weighted by atomic mass is 19.4. The molecule has 3 atom stereocenters. The summed E-state index contributed by atoms with van der Waals surface area (Å²) in [5, 5.41) is 0. The molecule has 7 heteroatoms. The fourth-order valence-electron chi connectivity index (χ4n) is 4.30. The third-order valence-corrected chi connectivity index (χ3v) is 5.97. The molecule has 0 bridgehead atoms. The van der Waals surface area contributed by atoms with Gasteiger partial charge in [0, 0.05) is 5.56 Å². The Morgan fingerprint density at radius 2 is 1.84 bits per heavy atom. The van der Waals surface area contributed by atoms with E-state index in [2.05, 4.69) is 11.9 Å². The van der Waals surface area contributed by atoms with Gasteiger partial charge in [-0.15, -0.1) is 0 Å². The van der Waals surface area contributed by atoms with Crippen molar-refractivity contribution < 1.29 is 22.7 Å². The molecule has 1 saturated carbocycles. The minimum absolute atomic E-state index is 0.0944. The molecule has 3 aromatic rings. The van der Waals surface area contributed by atoms with Gasteiger partial charge in [0.05, 0.1) is 16.6 Å². The van der Waals surface area contributed by atoms with Crippen LogP contribution in [-0.4, -0.2) is 21.6 Å². The molecule has 1 fully saturated rings. The molecular formula is C24H25F3N2O2. The number of carbonyl (C=O) groups is 1. The topological polar surface area (TPSA) is 44.1 Å². The lowest BCUT2D eigenvalue weighted by Crippen LogP contribution is -2.28. The standard InChI is InChI=1S/C24H25F3N2O2/c1-15-6-5-7-19(14-15)31-23(30)16(2)29-21-9-4-3-8-20(21)28-22(29)17-10-12-18(13-11-17)24(25,26)27/h3-4,8-13,15-16,19H,5-7,14H2,1-2H3/t15?,16-,19?/m1/s1. The van der Waals surface area contributed by atoms with Crippen LogP contribution in [0.5, 0.6) is 0 Å². The van der Waals surface area contributed by atoms with E-state index < -0.39 is 17.8 Å². The zero-order valence-electron chi connectivity index (χ0n) is 17.5. The van der Waals surface area contributed by atoms with Crippen molar-refractivity contribution in [1.29, 1.82) is 0 Å². The third-order valence-electron chi connectivity index (χ3n) is 5.97. The van der Waals surface area contributed by atoms with Crippen molar-refractivity contribution in [1.82, 2.24) is 9.55 Å². The number of nitrogens with zero attached hydrogens (tertiary/aromatic N) is 2. The number of halogens is 3. The van der Waals surface area contributed by atoms with Gasteiger partial charge < -0.3 is 9.30 Å². The van der Waals surface area contributed by atoms with Crippen LogP contribution in [0, 0.1) is 5.92 Å². The highest BCUT2D eigenvalue weighted by Gasteiger charge is 2.31. The lowest BCUT2D eigenvalue weighted by Gasteiger charge is -2.28. The van der Waals surface area contributed by atoms with Crippen LogP contribution in [0.15, 0.2) is 48.5 Å². The van der Waals surface area contributed by atoms with Crippen LogP contribution in [-0.2, 0) is 15.7 Å². The zero-order valence-corrected chi connectivity index (χ0v) is 17.5. The highest BCUT2D eigenvalue weighted by Crippen LogP contribution is 2.34. The van der Waals surface area contributed by atoms with E-state index in [9.17, 15) is 18.0 Å². The number of alkyl halides is 3. The number of para-hydroxylation sites is 2. The number of rotatable bonds is 4. The molecule has 164 valence electrons. The monoisotopic (exact) mass is 430 g/mol. The number of ether oxygens (including phenoxy) is 1. The summed E-state index contributed by atoms with van der Waals surface area (Å²) in [5.74, 6) is 0.616. The molecule has 2 unspecified atom stereocenters. The Kier molecular flexibility index (Phi) is 5.77. The SMILES string of the molecule is CC1CCCC(OC(=O)[C@@H](C)n2c(-c3ccc(C(F)(F)F)cc3)nc3ccccc32)C1. The second kappa shape index (κ2) is 8.36. The summed E-state index contributed by atoms with van der Waals surface area (Å²) in [6, 6.07) is 11.5. The van der Waals surface area contributed by atoms with Crippen molar-refractivity contribution in [3.8, 4) is 11.4 Å². The van der Waals surface area contributed by atoms with Gasteiger partial charge in [-0.2, -0.15) is 13.2 Å². The van der Waals surface area contributed by atoms with Gasteiger partial charge in [-0.25, -0.2) is 9.78 Å². The summed E-state index contributed by atoms with van der Waals surface area (Å²) in [5.41, 5.74) is 1.19. The number of aromatic nitrogens is 2. The minimum atomic E-state index is -4.41. The van der Waals surface area contributed by atoms with Crippen molar-refractivity contribution in [2.45, 2.75) is 57.9 Å². The summed E-state index contributed by atoms with van der Waals surface area (Å²) in [4.78, 5) is 17.6. The minimum Gasteiger partial charge on any atom is -0.461 e. The Morgan fingerprint density at radius 3 is 2.52 bits per heavy atom. The van der Waals surface area contributed by atoms with Crippen LogP contribution < -0.4 is 0 Å². The van der Waals surface area contributed by atoms with Gasteiger partial charge in [-0.3, -0.25) is 0 Å². The molecule has 1 aliphatic rings. The lowest BCUT2D eigenvalue weighted by molar-refractivity contribution is -0.154. The van der Waals surface area contributed by atoms with E-state index in [0.717, 1.165) is 43.3 Å². The van der Waals surface area contributed by atoms with Crippen molar-refractivity contribution >= 4 is 17.0 Å². The van der Waals surface area contributed by atoms with Crippen LogP contribution in [0.3, 0.4) is 0 Å². The first-order valence-electron chi connectivity index (χ1n) is 10.6. The van der Waals surface area contributed by atoms with Gasteiger partial charge in [0.15, 0.2) is 0 Å². The van der Waals surface area contributed by atoms with Crippen LogP contribution in [0.25, 0.3) is 22.4 Å². The number of benzene rings is 2. The zero-order chi connectivity index (χ0) is 22.2. The normalized spacial score (nSPS) is 20.5. The molecule has 0 saturated heterocycles.